The highest BCUT2D eigenvalue weighted by Gasteiger charge is 2.35. The van der Waals surface area contributed by atoms with Gasteiger partial charge < -0.3 is 20.6 Å². The van der Waals surface area contributed by atoms with Gasteiger partial charge in [-0.25, -0.2) is 4.79 Å². The number of hydrogen-bond donors (Lipinski definition) is 3. The number of nitrogens with two attached hydrogens (primary N) is 1. The minimum atomic E-state index is -0.406. The summed E-state index contributed by atoms with van der Waals surface area (Å²) in [4.78, 5) is 20.6. The van der Waals surface area contributed by atoms with Crippen molar-refractivity contribution in [2.24, 2.45) is 5.73 Å². The number of amides is 2. The summed E-state index contributed by atoms with van der Waals surface area (Å²) in [7, 11) is 0. The average Bonchev–Trinajstić information content (AvgIpc) is 3.48. The van der Waals surface area contributed by atoms with Gasteiger partial charge in [-0.05, 0) is 58.0 Å². The summed E-state index contributed by atoms with van der Waals surface area (Å²) in [5.74, 6) is 0. The summed E-state index contributed by atoms with van der Waals surface area (Å²) in [5, 5.41) is 2.30. The van der Waals surface area contributed by atoms with Gasteiger partial charge in [-0.1, -0.05) is 36.4 Å². The predicted molar refractivity (Wildman–Crippen MR) is 119 cm³/mol. The minimum absolute atomic E-state index is 0.185. The highest BCUT2D eigenvalue weighted by atomic mass is 16.2. The Bertz CT molecular complexity index is 1430. The monoisotopic (exact) mass is 392 g/mol. The molecule has 0 fully saturated rings. The van der Waals surface area contributed by atoms with E-state index >= 15 is 0 Å². The number of aromatic nitrogens is 2. The SMILES string of the molecule is NC(=O)N1Cc2cc(-c3ccc4[nH]ccc4c3)ccc2C1c1c[nH]c2ccccc12. The summed E-state index contributed by atoms with van der Waals surface area (Å²) in [6.07, 6.45) is 3.95. The maximum atomic E-state index is 12.3. The molecule has 3 heterocycles. The molecule has 0 bridgehead atoms. The third-order valence-corrected chi connectivity index (χ3v) is 6.18. The van der Waals surface area contributed by atoms with Crippen LogP contribution in [0.1, 0.15) is 22.7 Å². The molecule has 6 rings (SSSR count). The van der Waals surface area contributed by atoms with E-state index in [1.165, 1.54) is 5.39 Å². The number of carbonyl (C=O) groups excluding carboxylic acids is 1. The van der Waals surface area contributed by atoms with E-state index in [4.69, 9.17) is 5.73 Å². The van der Waals surface area contributed by atoms with E-state index in [1.807, 2.05) is 30.6 Å². The number of fused-ring (bicyclic) bond motifs is 3. The van der Waals surface area contributed by atoms with E-state index < -0.39 is 6.03 Å². The van der Waals surface area contributed by atoms with Crippen LogP contribution in [0, 0.1) is 0 Å². The lowest BCUT2D eigenvalue weighted by Gasteiger charge is -2.23. The molecule has 5 heteroatoms. The molecular formula is C25H20N4O. The molecule has 146 valence electrons. The molecular weight excluding hydrogens is 372 g/mol. The lowest BCUT2D eigenvalue weighted by Crippen LogP contribution is -2.34. The van der Waals surface area contributed by atoms with Crippen molar-refractivity contribution in [1.82, 2.24) is 14.9 Å². The van der Waals surface area contributed by atoms with Crippen LogP contribution in [0.4, 0.5) is 4.79 Å². The third-order valence-electron chi connectivity index (χ3n) is 6.18. The fourth-order valence-electron chi connectivity index (χ4n) is 4.73. The van der Waals surface area contributed by atoms with E-state index in [1.54, 1.807) is 4.90 Å². The number of primary amides is 1. The normalized spacial score (nSPS) is 15.7. The first-order chi connectivity index (χ1) is 14.7. The van der Waals surface area contributed by atoms with Crippen molar-refractivity contribution in [2.45, 2.75) is 12.6 Å². The first-order valence-corrected chi connectivity index (χ1v) is 10.0. The highest BCUT2D eigenvalue weighted by Crippen LogP contribution is 2.42. The van der Waals surface area contributed by atoms with E-state index in [2.05, 4.69) is 58.5 Å². The number of para-hydroxylation sites is 1. The molecule has 0 aliphatic carbocycles. The summed E-state index contributed by atoms with van der Waals surface area (Å²) >= 11 is 0. The molecule has 30 heavy (non-hydrogen) atoms. The Balaban J connectivity index is 1.48. The lowest BCUT2D eigenvalue weighted by molar-refractivity contribution is 0.199. The molecule has 5 nitrogen and oxygen atoms in total. The van der Waals surface area contributed by atoms with Gasteiger partial charge in [-0.2, -0.15) is 0 Å². The summed E-state index contributed by atoms with van der Waals surface area (Å²) < 4.78 is 0. The Kier molecular flexibility index (Phi) is 3.53. The van der Waals surface area contributed by atoms with Crippen LogP contribution in [-0.4, -0.2) is 20.9 Å². The molecule has 4 N–H and O–H groups in total. The summed E-state index contributed by atoms with van der Waals surface area (Å²) in [6.45, 7) is 0.509. The number of benzene rings is 3. The van der Waals surface area contributed by atoms with Crippen LogP contribution in [0.15, 0.2) is 79.1 Å². The van der Waals surface area contributed by atoms with Crippen molar-refractivity contribution < 1.29 is 4.79 Å². The number of nitrogens with zero attached hydrogens (tertiary/aromatic N) is 1. The second kappa shape index (κ2) is 6.26. The van der Waals surface area contributed by atoms with Gasteiger partial charge in [-0.3, -0.25) is 0 Å². The topological polar surface area (TPSA) is 77.9 Å². The molecule has 2 aromatic heterocycles. The van der Waals surface area contributed by atoms with E-state index in [0.29, 0.717) is 6.54 Å². The quantitative estimate of drug-likeness (QED) is 0.374. The van der Waals surface area contributed by atoms with Gasteiger partial charge in [0.1, 0.15) is 0 Å². The average molecular weight is 392 g/mol. The first kappa shape index (κ1) is 16.9. The van der Waals surface area contributed by atoms with Gasteiger partial charge in [-0.15, -0.1) is 0 Å². The van der Waals surface area contributed by atoms with Gasteiger partial charge in [0.2, 0.25) is 0 Å². The van der Waals surface area contributed by atoms with E-state index in [0.717, 1.165) is 44.2 Å². The van der Waals surface area contributed by atoms with Crippen LogP contribution in [0.2, 0.25) is 0 Å². The van der Waals surface area contributed by atoms with Crippen molar-refractivity contribution in [1.29, 1.82) is 0 Å². The number of carbonyl (C=O) groups is 1. The standard InChI is InChI=1S/C25H20N4O/c26-25(30)29-14-18-12-15(16-6-8-22-17(11-16)9-10-27-22)5-7-19(18)24(29)21-13-28-23-4-2-1-3-20(21)23/h1-13,24,27-28H,14H2,(H2,26,30). The highest BCUT2D eigenvalue weighted by molar-refractivity contribution is 5.87. The largest absolute Gasteiger partial charge is 0.361 e. The number of hydrogen-bond acceptors (Lipinski definition) is 1. The van der Waals surface area contributed by atoms with Crippen LogP contribution >= 0.6 is 0 Å². The van der Waals surface area contributed by atoms with Gasteiger partial charge in [0.15, 0.2) is 0 Å². The Hall–Kier alpha value is -3.99. The number of H-pyrrole nitrogens is 2. The van der Waals surface area contributed by atoms with Crippen LogP contribution in [0.5, 0.6) is 0 Å². The number of nitrogens with one attached hydrogen (secondary N) is 2. The maximum absolute atomic E-state index is 12.3. The van der Waals surface area contributed by atoms with Crippen LogP contribution in [0.25, 0.3) is 32.9 Å². The third kappa shape index (κ3) is 2.45. The van der Waals surface area contributed by atoms with Gasteiger partial charge in [0.25, 0.3) is 0 Å². The Morgan fingerprint density at radius 2 is 1.73 bits per heavy atom. The molecule has 1 unspecified atom stereocenters. The molecule has 1 atom stereocenters. The zero-order chi connectivity index (χ0) is 20.2. The molecule has 0 spiro atoms. The van der Waals surface area contributed by atoms with E-state index in [-0.39, 0.29) is 6.04 Å². The van der Waals surface area contributed by atoms with Crippen molar-refractivity contribution in [2.75, 3.05) is 0 Å². The van der Waals surface area contributed by atoms with Crippen molar-refractivity contribution in [3.8, 4) is 11.1 Å². The van der Waals surface area contributed by atoms with Crippen molar-refractivity contribution >= 4 is 27.8 Å². The van der Waals surface area contributed by atoms with Crippen LogP contribution in [0.3, 0.4) is 0 Å². The Labute approximate surface area is 173 Å². The minimum Gasteiger partial charge on any atom is -0.361 e. The molecule has 1 aliphatic heterocycles. The molecule has 5 aromatic rings. The smallest absolute Gasteiger partial charge is 0.315 e. The number of urea groups is 1. The molecule has 0 saturated carbocycles. The predicted octanol–water partition coefficient (Wildman–Crippen LogP) is 5.30. The fraction of sp³-hybridized carbons (Fsp3) is 0.0800. The number of aromatic amines is 2. The zero-order valence-corrected chi connectivity index (χ0v) is 16.2. The van der Waals surface area contributed by atoms with Crippen LogP contribution < -0.4 is 5.73 Å². The molecule has 1 aliphatic rings. The van der Waals surface area contributed by atoms with E-state index in [9.17, 15) is 4.79 Å². The molecule has 0 radical (unpaired) electrons. The molecule has 0 saturated heterocycles. The van der Waals surface area contributed by atoms with Gasteiger partial charge >= 0.3 is 6.03 Å². The zero-order valence-electron chi connectivity index (χ0n) is 16.2. The Morgan fingerprint density at radius 3 is 2.63 bits per heavy atom. The van der Waals surface area contributed by atoms with Crippen molar-refractivity contribution in [3.63, 3.8) is 0 Å². The first-order valence-electron chi connectivity index (χ1n) is 10.0. The second-order valence-corrected chi connectivity index (χ2v) is 7.85. The number of rotatable bonds is 2. The van der Waals surface area contributed by atoms with Crippen molar-refractivity contribution in [3.05, 3.63) is 95.8 Å². The summed E-state index contributed by atoms with van der Waals surface area (Å²) in [5.41, 5.74) is 13.6. The molecule has 2 amide bonds. The van der Waals surface area contributed by atoms with Crippen LogP contribution in [-0.2, 0) is 6.54 Å². The summed E-state index contributed by atoms with van der Waals surface area (Å²) in [6, 6.07) is 22.5. The molecule has 3 aromatic carbocycles. The lowest BCUT2D eigenvalue weighted by atomic mass is 9.94. The Morgan fingerprint density at radius 1 is 0.900 bits per heavy atom. The van der Waals surface area contributed by atoms with Gasteiger partial charge in [0.05, 0.1) is 6.04 Å². The maximum Gasteiger partial charge on any atom is 0.315 e. The second-order valence-electron chi connectivity index (χ2n) is 7.85. The fourth-order valence-corrected chi connectivity index (χ4v) is 4.73. The van der Waals surface area contributed by atoms with Gasteiger partial charge in [0, 0.05) is 40.9 Å².